The molecule has 0 saturated carbocycles. The third-order valence-electron chi connectivity index (χ3n) is 16.1. The van der Waals surface area contributed by atoms with Gasteiger partial charge in [0.25, 0.3) is 11.5 Å². The maximum atomic E-state index is 18.5. The maximum Gasteiger partial charge on any atom is 0.695 e. The molecule has 484 valence electrons. The van der Waals surface area contributed by atoms with Crippen LogP contribution in [0, 0.1) is 17.2 Å². The molecule has 0 aliphatic carbocycles. The fourth-order valence-electron chi connectivity index (χ4n) is 10.3. The third kappa shape index (κ3) is 14.3. The minimum absolute atomic E-state index is 0.0295. The number of rotatable bonds is 26. The van der Waals surface area contributed by atoms with Crippen LogP contribution in [-0.2, 0) is 63.5 Å². The summed E-state index contributed by atoms with van der Waals surface area (Å²) in [5.41, 5.74) is -0.0183. The van der Waals surface area contributed by atoms with Gasteiger partial charge in [-0.05, 0) is 83.0 Å². The molecule has 4 aromatic heterocycles. The van der Waals surface area contributed by atoms with Gasteiger partial charge in [0.05, 0.1) is 59.2 Å². The Bertz CT molecular complexity index is 4040. The van der Waals surface area contributed by atoms with Crippen LogP contribution in [0.2, 0.25) is 18.1 Å². The molecule has 2 saturated heterocycles. The monoisotopic (exact) mass is 1340 g/mol. The number of hydrogen-bond acceptors (Lipinski definition) is 21. The van der Waals surface area contributed by atoms with E-state index < -0.39 is 120 Å². The van der Waals surface area contributed by atoms with Crippen molar-refractivity contribution in [3.05, 3.63) is 161 Å². The third-order valence-corrected chi connectivity index (χ3v) is 23.4. The van der Waals surface area contributed by atoms with E-state index in [-0.39, 0.29) is 47.1 Å². The van der Waals surface area contributed by atoms with Gasteiger partial charge in [0.2, 0.25) is 11.9 Å². The number of aromatic amines is 1. The van der Waals surface area contributed by atoms with E-state index in [2.05, 4.69) is 40.5 Å². The number of H-pyrrole nitrogens is 1. The second kappa shape index (κ2) is 28.3. The van der Waals surface area contributed by atoms with Gasteiger partial charge >= 0.3 is 15.0 Å². The zero-order valence-electron chi connectivity index (χ0n) is 51.6. The van der Waals surface area contributed by atoms with E-state index in [4.69, 9.17) is 58.0 Å². The van der Waals surface area contributed by atoms with Gasteiger partial charge in [-0.15, -0.1) is 9.42 Å². The van der Waals surface area contributed by atoms with E-state index in [1.54, 1.807) is 82.7 Å². The second-order valence-electron chi connectivity index (χ2n) is 23.3. The van der Waals surface area contributed by atoms with Crippen molar-refractivity contribution < 1.29 is 69.6 Å². The van der Waals surface area contributed by atoms with Gasteiger partial charge in [-0.3, -0.25) is 38.3 Å². The molecule has 0 radical (unpaired) electrons. The Balaban J connectivity index is 1.05. The lowest BCUT2D eigenvalue weighted by Crippen LogP contribution is -2.50. The average molecular weight is 1340 g/mol. The van der Waals surface area contributed by atoms with Gasteiger partial charge in [0.1, 0.15) is 47.8 Å². The second-order valence-corrected chi connectivity index (χ2v) is 31.7. The minimum Gasteiger partial charge on any atom is -0.497 e. The lowest BCUT2D eigenvalue weighted by molar-refractivity contribution is -0.118. The standard InChI is InChI=1S/C61H68FN11O15P2SSi/c1-36(2)54(74)70-59-69-53-47(56(76)71-59)67-35-73(53)58-50(86-89(77)78)49(88-92(8,9)60(3,4)5)44(85-58)32-83-90(91,82-30-16-29-63)87-48-43(84-57(45(48)62)72-34-66-46-51(64-33-65-52(46)72)68-55(75)37-17-12-10-13-18-37)31-81-61(38-19-14-11-15-20-38,39-21-25-41(79-6)26-22-39)40-23-27-42(80-7)28-24-40/h10-15,17-28,33-36,43-45,48-50,57-58H,16,30-32H2,1-9H3,(H3-,64,65,68,69,70,71,74,75,76,77,78)/p+1/t43-,44-,45-,48-,49-,50-,57-,58-,90?/m1/s1. The van der Waals surface area contributed by atoms with Crippen molar-refractivity contribution in [3.63, 3.8) is 0 Å². The van der Waals surface area contributed by atoms with Crippen molar-refractivity contribution in [3.8, 4) is 17.6 Å². The Morgan fingerprint density at radius 1 is 0.804 bits per heavy atom. The zero-order valence-corrected chi connectivity index (χ0v) is 55.2. The molecule has 10 atom stereocenters. The van der Waals surface area contributed by atoms with Crippen LogP contribution in [0.4, 0.5) is 16.2 Å². The van der Waals surface area contributed by atoms with E-state index >= 15 is 4.39 Å². The molecular weight excluding hydrogens is 1270 g/mol. The number of amides is 2. The molecule has 6 heterocycles. The lowest BCUT2D eigenvalue weighted by Gasteiger charge is -2.40. The molecule has 4 N–H and O–H groups in total. The van der Waals surface area contributed by atoms with Crippen LogP contribution in [-0.4, -0.2) is 135 Å². The van der Waals surface area contributed by atoms with Gasteiger partial charge in [0.15, 0.2) is 61.2 Å². The van der Waals surface area contributed by atoms with Crippen LogP contribution in [0.15, 0.2) is 133 Å². The van der Waals surface area contributed by atoms with Gasteiger partial charge in [-0.25, -0.2) is 24.3 Å². The first-order chi connectivity index (χ1) is 44.0. The summed E-state index contributed by atoms with van der Waals surface area (Å²) in [6, 6.07) is 34.4. The first-order valence-corrected chi connectivity index (χ1v) is 35.8. The minimum atomic E-state index is -4.41. The number of carbonyl (C=O) groups excluding carboxylic acids is 2. The number of nitrogens with one attached hydrogen (secondary N) is 3. The molecule has 2 amide bonds. The van der Waals surface area contributed by atoms with E-state index in [1.807, 2.05) is 94.5 Å². The zero-order chi connectivity index (χ0) is 65.7. The molecule has 2 unspecified atom stereocenters. The molecule has 92 heavy (non-hydrogen) atoms. The van der Waals surface area contributed by atoms with E-state index in [1.165, 1.54) is 28.1 Å². The number of methoxy groups -OCH3 is 2. The lowest BCUT2D eigenvalue weighted by atomic mass is 9.80. The van der Waals surface area contributed by atoms with Crippen molar-refractivity contribution in [1.29, 1.82) is 5.26 Å². The Kier molecular flexibility index (Phi) is 20.7. The van der Waals surface area contributed by atoms with Crippen LogP contribution in [0.3, 0.4) is 0 Å². The number of aromatic nitrogens is 8. The number of fused-ring (bicyclic) bond motifs is 2. The molecule has 2 aliphatic rings. The maximum absolute atomic E-state index is 18.5. The molecule has 2 aliphatic heterocycles. The predicted octanol–water partition coefficient (Wildman–Crippen LogP) is 9.95. The number of anilines is 2. The summed E-state index contributed by atoms with van der Waals surface area (Å²) in [6.07, 6.45) is -8.88. The highest BCUT2D eigenvalue weighted by Gasteiger charge is 2.57. The van der Waals surface area contributed by atoms with Crippen molar-refractivity contribution in [2.24, 2.45) is 5.92 Å². The molecule has 2 fully saturated rings. The highest BCUT2D eigenvalue weighted by Crippen LogP contribution is 2.56. The number of ether oxygens (including phenoxy) is 5. The number of benzene rings is 4. The summed E-state index contributed by atoms with van der Waals surface area (Å²) in [5, 5.41) is 14.7. The summed E-state index contributed by atoms with van der Waals surface area (Å²) >= 11 is 6.27. The molecular formula is C61H69FN11O15P2SSi+. The highest BCUT2D eigenvalue weighted by atomic mass is 32.5. The van der Waals surface area contributed by atoms with Crippen molar-refractivity contribution >= 4 is 81.0 Å². The summed E-state index contributed by atoms with van der Waals surface area (Å²) in [5.74, 6) is -0.475. The van der Waals surface area contributed by atoms with Crippen LogP contribution in [0.25, 0.3) is 22.3 Å². The van der Waals surface area contributed by atoms with E-state index in [0.29, 0.717) is 33.8 Å². The molecule has 8 aromatic rings. The van der Waals surface area contributed by atoms with Crippen LogP contribution in [0.5, 0.6) is 11.5 Å². The molecule has 0 bridgehead atoms. The summed E-state index contributed by atoms with van der Waals surface area (Å²) in [6.45, 7) is 7.35. The van der Waals surface area contributed by atoms with Gasteiger partial charge in [-0.1, -0.05) is 107 Å². The number of imidazole rings is 2. The summed E-state index contributed by atoms with van der Waals surface area (Å²) in [4.78, 5) is 75.0. The number of nitrogens with zero attached hydrogens (tertiary/aromatic N) is 8. The largest absolute Gasteiger partial charge is 0.695 e. The van der Waals surface area contributed by atoms with Gasteiger partial charge in [-0.2, -0.15) is 10.2 Å². The van der Waals surface area contributed by atoms with Crippen molar-refractivity contribution in [2.75, 3.05) is 44.7 Å². The Hall–Kier alpha value is -7.65. The Morgan fingerprint density at radius 3 is 1.99 bits per heavy atom. The molecule has 10 rings (SSSR count). The normalized spacial score (nSPS) is 21.1. The van der Waals surface area contributed by atoms with Crippen molar-refractivity contribution in [1.82, 2.24) is 39.0 Å². The summed E-state index contributed by atoms with van der Waals surface area (Å²) in [7, 11) is -3.23. The number of alkyl halides is 1. The quantitative estimate of drug-likeness (QED) is 0.0169. The number of carbonyl (C=O) groups is 2. The molecule has 4 aromatic carbocycles. The number of halogens is 1. The van der Waals surface area contributed by atoms with Crippen LogP contribution < -0.4 is 25.7 Å². The highest BCUT2D eigenvalue weighted by molar-refractivity contribution is 8.07. The topological polar surface area (TPSA) is 319 Å². The van der Waals surface area contributed by atoms with E-state index in [9.17, 15) is 29.1 Å². The fourth-order valence-corrected chi connectivity index (χ4v) is 14.2. The molecule has 0 spiro atoms. The molecule has 31 heteroatoms. The van der Waals surface area contributed by atoms with Crippen LogP contribution >= 0.6 is 15.0 Å². The van der Waals surface area contributed by atoms with Gasteiger partial charge in [0, 0.05) is 16.0 Å². The average Bonchev–Trinajstić information content (AvgIpc) is 1.37. The van der Waals surface area contributed by atoms with E-state index in [0.717, 1.165) is 0 Å². The first-order valence-electron chi connectivity index (χ1n) is 29.2. The SMILES string of the molecule is COc1ccc(C(OC[C@H]2O[C@@H](n3cnc4c(NC(=O)c5ccccc5)ncnc43)[C@H](F)[C@@H]2OP(=S)(OCCC#N)OC[C@H]2O[C@@H](n3cnc4c(=O)[nH]c(NC(=O)C(C)C)nc43)[C@H](O[P+](=O)O)[C@@H]2O[Si](C)(C)C(C)(C)C)(c2ccccc2)c2ccc(OC)cc2)cc1. The Labute approximate surface area is 535 Å². The van der Waals surface area contributed by atoms with Crippen LogP contribution in [0.1, 0.15) is 80.5 Å². The molecule has 26 nitrogen and oxygen atoms in total. The van der Waals surface area contributed by atoms with Gasteiger partial charge < -0.3 is 42.5 Å². The van der Waals surface area contributed by atoms with Crippen molar-refractivity contribution in [2.45, 2.75) is 114 Å². The Morgan fingerprint density at radius 2 is 1.39 bits per heavy atom. The number of hydrogen-bond donors (Lipinski definition) is 4. The number of nitriles is 1. The smallest absolute Gasteiger partial charge is 0.497 e. The fraction of sp³-hybridized carbons (Fsp3) is 0.393. The first kappa shape index (κ1) is 67.2. The summed E-state index contributed by atoms with van der Waals surface area (Å²) < 4.78 is 98.6. The predicted molar refractivity (Wildman–Crippen MR) is 340 cm³/mol.